The fraction of sp³-hybridized carbons (Fsp3) is 0.280. The van der Waals surface area contributed by atoms with Gasteiger partial charge in [-0.15, -0.1) is 0 Å². The molecule has 0 saturated carbocycles. The van der Waals surface area contributed by atoms with E-state index in [2.05, 4.69) is 41.4 Å². The Balaban J connectivity index is 1.60. The Hall–Kier alpha value is -3.58. The van der Waals surface area contributed by atoms with Crippen LogP contribution in [0.1, 0.15) is 25.8 Å². The van der Waals surface area contributed by atoms with E-state index in [1.54, 1.807) is 29.1 Å². The maximum absolute atomic E-state index is 12.2. The van der Waals surface area contributed by atoms with E-state index in [9.17, 15) is 4.79 Å². The molecule has 3 aromatic heterocycles. The monoisotopic (exact) mass is 429 g/mol. The lowest BCUT2D eigenvalue weighted by molar-refractivity contribution is 0.433. The minimum absolute atomic E-state index is 0.0150. The smallest absolute Gasteiger partial charge is 0.250 e. The van der Waals surface area contributed by atoms with Crippen LogP contribution in [-0.4, -0.2) is 26.7 Å². The van der Waals surface area contributed by atoms with Crippen LogP contribution < -0.4 is 10.9 Å². The first-order valence-corrected chi connectivity index (χ1v) is 10.8. The molecule has 0 bridgehead atoms. The molecule has 1 atom stereocenters. The van der Waals surface area contributed by atoms with Crippen molar-refractivity contribution in [1.82, 2.24) is 25.0 Å². The summed E-state index contributed by atoms with van der Waals surface area (Å²) in [6.07, 6.45) is 6.20. The summed E-state index contributed by atoms with van der Waals surface area (Å²) in [5.41, 5.74) is 5.00. The van der Waals surface area contributed by atoms with Crippen molar-refractivity contribution in [2.45, 2.75) is 33.4 Å². The molecule has 164 valence electrons. The standard InChI is InChI=1S/C25H27N5O2/c1-4-17(2)15-30-16-20(9-10-25(30)31)22-13-27-14-23(28-22)24-11-21(29-32-24)19-7-5-18(6-8-19)12-26-3/h5-11,13-14,16-17,26H,4,12,15H2,1-3H3/t17-/m0/s1. The normalized spacial score (nSPS) is 12.1. The lowest BCUT2D eigenvalue weighted by atomic mass is 10.1. The van der Waals surface area contributed by atoms with Crippen molar-refractivity contribution in [3.8, 4) is 34.0 Å². The Kier molecular flexibility index (Phi) is 6.56. The molecular formula is C25H27N5O2. The highest BCUT2D eigenvalue weighted by Crippen LogP contribution is 2.26. The molecule has 0 spiro atoms. The summed E-state index contributed by atoms with van der Waals surface area (Å²) >= 11 is 0. The summed E-state index contributed by atoms with van der Waals surface area (Å²) in [5.74, 6) is 0.960. The second-order valence-electron chi connectivity index (χ2n) is 8.02. The van der Waals surface area contributed by atoms with Gasteiger partial charge in [0.15, 0.2) is 5.76 Å². The van der Waals surface area contributed by atoms with Gasteiger partial charge in [0.25, 0.3) is 5.56 Å². The quantitative estimate of drug-likeness (QED) is 0.447. The highest BCUT2D eigenvalue weighted by atomic mass is 16.5. The van der Waals surface area contributed by atoms with Gasteiger partial charge in [0.2, 0.25) is 0 Å². The van der Waals surface area contributed by atoms with Crippen molar-refractivity contribution >= 4 is 0 Å². The molecule has 4 rings (SSSR count). The minimum atomic E-state index is -0.0150. The third kappa shape index (κ3) is 4.84. The Morgan fingerprint density at radius 1 is 1.03 bits per heavy atom. The Labute approximate surface area is 187 Å². The van der Waals surface area contributed by atoms with Crippen LogP contribution in [0.3, 0.4) is 0 Å². The lowest BCUT2D eigenvalue weighted by Gasteiger charge is -2.12. The number of aromatic nitrogens is 4. The first-order valence-electron chi connectivity index (χ1n) is 10.8. The number of pyridine rings is 1. The summed E-state index contributed by atoms with van der Waals surface area (Å²) in [4.78, 5) is 21.3. The summed E-state index contributed by atoms with van der Waals surface area (Å²) in [5, 5.41) is 7.34. The first-order chi connectivity index (χ1) is 15.6. The fourth-order valence-corrected chi connectivity index (χ4v) is 3.44. The van der Waals surface area contributed by atoms with E-state index in [1.807, 2.05) is 31.4 Å². The number of nitrogens with zero attached hydrogens (tertiary/aromatic N) is 4. The van der Waals surface area contributed by atoms with Crippen LogP contribution in [-0.2, 0) is 13.1 Å². The molecule has 0 radical (unpaired) electrons. The molecule has 0 unspecified atom stereocenters. The van der Waals surface area contributed by atoms with E-state index in [1.165, 1.54) is 5.56 Å². The highest BCUT2D eigenvalue weighted by Gasteiger charge is 2.13. The van der Waals surface area contributed by atoms with Crippen LogP contribution in [0.15, 0.2) is 70.4 Å². The third-order valence-electron chi connectivity index (χ3n) is 5.51. The van der Waals surface area contributed by atoms with Crippen molar-refractivity contribution in [1.29, 1.82) is 0 Å². The van der Waals surface area contributed by atoms with Gasteiger partial charge < -0.3 is 14.4 Å². The lowest BCUT2D eigenvalue weighted by Crippen LogP contribution is -2.21. The Bertz CT molecular complexity index is 1240. The van der Waals surface area contributed by atoms with Crippen molar-refractivity contribution in [3.63, 3.8) is 0 Å². The zero-order chi connectivity index (χ0) is 22.5. The van der Waals surface area contributed by atoms with E-state index in [-0.39, 0.29) is 5.56 Å². The largest absolute Gasteiger partial charge is 0.354 e. The number of rotatable bonds is 8. The van der Waals surface area contributed by atoms with Crippen LogP contribution in [0.5, 0.6) is 0 Å². The van der Waals surface area contributed by atoms with Crippen LogP contribution >= 0.6 is 0 Å². The van der Waals surface area contributed by atoms with Crippen LogP contribution in [0.2, 0.25) is 0 Å². The van der Waals surface area contributed by atoms with Gasteiger partial charge in [-0.3, -0.25) is 9.78 Å². The molecule has 0 saturated heterocycles. The molecule has 0 aliphatic carbocycles. The molecule has 0 amide bonds. The van der Waals surface area contributed by atoms with Gasteiger partial charge in [-0.2, -0.15) is 0 Å². The highest BCUT2D eigenvalue weighted by molar-refractivity contribution is 5.66. The zero-order valence-electron chi connectivity index (χ0n) is 18.6. The SMILES string of the molecule is CC[C@H](C)Cn1cc(-c2cncc(-c3cc(-c4ccc(CNC)cc4)no3)n2)ccc1=O. The van der Waals surface area contributed by atoms with Crippen molar-refractivity contribution in [2.24, 2.45) is 5.92 Å². The topological polar surface area (TPSA) is 85.8 Å². The molecule has 0 aliphatic heterocycles. The number of hydrogen-bond acceptors (Lipinski definition) is 6. The van der Waals surface area contributed by atoms with Gasteiger partial charge in [0.05, 0.1) is 18.1 Å². The average molecular weight is 430 g/mol. The van der Waals surface area contributed by atoms with E-state index >= 15 is 0 Å². The molecule has 4 aromatic rings. The maximum atomic E-state index is 12.2. The van der Waals surface area contributed by atoms with Gasteiger partial charge in [-0.1, -0.05) is 49.7 Å². The second-order valence-corrected chi connectivity index (χ2v) is 8.02. The van der Waals surface area contributed by atoms with Crippen LogP contribution in [0.4, 0.5) is 0 Å². The number of nitrogens with one attached hydrogen (secondary N) is 1. The molecule has 0 aliphatic rings. The Morgan fingerprint density at radius 3 is 2.53 bits per heavy atom. The van der Waals surface area contributed by atoms with Crippen molar-refractivity contribution in [3.05, 3.63) is 77.0 Å². The van der Waals surface area contributed by atoms with E-state index in [4.69, 9.17) is 9.51 Å². The molecule has 7 nitrogen and oxygen atoms in total. The van der Waals surface area contributed by atoms with Crippen molar-refractivity contribution < 1.29 is 4.52 Å². The number of benzene rings is 1. The summed E-state index contributed by atoms with van der Waals surface area (Å²) < 4.78 is 7.30. The van der Waals surface area contributed by atoms with E-state index in [0.29, 0.717) is 29.6 Å². The molecule has 1 aromatic carbocycles. The molecular weight excluding hydrogens is 402 g/mol. The summed E-state index contributed by atoms with van der Waals surface area (Å²) in [7, 11) is 1.92. The predicted octanol–water partition coefficient (Wildman–Crippen LogP) is 4.39. The zero-order valence-corrected chi connectivity index (χ0v) is 18.6. The molecule has 0 fully saturated rings. The molecule has 3 heterocycles. The summed E-state index contributed by atoms with van der Waals surface area (Å²) in [6.45, 7) is 5.75. The maximum Gasteiger partial charge on any atom is 0.250 e. The van der Waals surface area contributed by atoms with Gasteiger partial charge in [-0.25, -0.2) is 4.98 Å². The minimum Gasteiger partial charge on any atom is -0.354 e. The number of hydrogen-bond donors (Lipinski definition) is 1. The van der Waals surface area contributed by atoms with Gasteiger partial charge >= 0.3 is 0 Å². The predicted molar refractivity (Wildman–Crippen MR) is 125 cm³/mol. The molecule has 1 N–H and O–H groups in total. The first kappa shape index (κ1) is 21.6. The third-order valence-corrected chi connectivity index (χ3v) is 5.51. The van der Waals surface area contributed by atoms with E-state index < -0.39 is 0 Å². The van der Waals surface area contributed by atoms with Crippen molar-refractivity contribution in [2.75, 3.05) is 7.05 Å². The molecule has 7 heteroatoms. The molecule has 32 heavy (non-hydrogen) atoms. The van der Waals surface area contributed by atoms with Gasteiger partial charge in [0.1, 0.15) is 11.4 Å². The van der Waals surface area contributed by atoms with Gasteiger partial charge in [0, 0.05) is 42.5 Å². The average Bonchev–Trinajstić information content (AvgIpc) is 3.31. The van der Waals surface area contributed by atoms with Gasteiger partial charge in [-0.05, 0) is 24.6 Å². The van der Waals surface area contributed by atoms with E-state index in [0.717, 1.165) is 29.8 Å². The van der Waals surface area contributed by atoms with Crippen LogP contribution in [0, 0.1) is 5.92 Å². The second kappa shape index (κ2) is 9.70. The van der Waals surface area contributed by atoms with Crippen LogP contribution in [0.25, 0.3) is 34.0 Å². The Morgan fingerprint density at radius 2 is 1.78 bits per heavy atom. The summed E-state index contributed by atoms with van der Waals surface area (Å²) in [6, 6.07) is 13.4. The fourth-order valence-electron chi connectivity index (χ4n) is 3.44.